The summed E-state index contributed by atoms with van der Waals surface area (Å²) >= 11 is 0. The van der Waals surface area contributed by atoms with E-state index in [1.807, 2.05) is 26.0 Å². The molecule has 1 aromatic rings. The number of amides is 1. The van der Waals surface area contributed by atoms with E-state index in [9.17, 15) is 4.79 Å². The first-order valence-corrected chi connectivity index (χ1v) is 8.57. The van der Waals surface area contributed by atoms with E-state index in [1.54, 1.807) is 6.20 Å². The molecule has 1 N–H and O–H groups in total. The van der Waals surface area contributed by atoms with Gasteiger partial charge in [0.2, 0.25) is 11.8 Å². The molecule has 1 saturated heterocycles. The number of hydrogen-bond donors (Lipinski definition) is 1. The molecule has 0 bridgehead atoms. The lowest BCUT2D eigenvalue weighted by atomic mass is 9.98. The molecule has 2 heterocycles. The molecule has 0 spiro atoms. The molecule has 126 valence electrons. The van der Waals surface area contributed by atoms with Crippen LogP contribution in [-0.2, 0) is 4.79 Å². The highest BCUT2D eigenvalue weighted by Gasteiger charge is 2.46. The van der Waals surface area contributed by atoms with Crippen LogP contribution in [0.15, 0.2) is 18.3 Å². The summed E-state index contributed by atoms with van der Waals surface area (Å²) in [6, 6.07) is 4.25. The zero-order valence-electron chi connectivity index (χ0n) is 14.3. The molecule has 1 aromatic heterocycles. The first-order valence-electron chi connectivity index (χ1n) is 8.57. The van der Waals surface area contributed by atoms with Crippen molar-refractivity contribution in [2.75, 3.05) is 20.2 Å². The van der Waals surface area contributed by atoms with Crippen molar-refractivity contribution in [2.45, 2.75) is 51.1 Å². The fourth-order valence-electron chi connectivity index (χ4n) is 3.40. The SMILES string of the molecule is Cc1cccnc1OCC1(NC(=O)C(C)C2CCCN2C)CC1. The van der Waals surface area contributed by atoms with Gasteiger partial charge in [0.15, 0.2) is 0 Å². The van der Waals surface area contributed by atoms with Crippen LogP contribution in [0, 0.1) is 12.8 Å². The number of nitrogens with one attached hydrogen (secondary N) is 1. The van der Waals surface area contributed by atoms with Crippen molar-refractivity contribution in [3.63, 3.8) is 0 Å². The van der Waals surface area contributed by atoms with Gasteiger partial charge >= 0.3 is 0 Å². The van der Waals surface area contributed by atoms with Crippen LogP contribution in [-0.4, -0.2) is 47.6 Å². The highest BCUT2D eigenvalue weighted by atomic mass is 16.5. The number of likely N-dealkylation sites (tertiary alicyclic amines) is 1. The van der Waals surface area contributed by atoms with E-state index in [-0.39, 0.29) is 17.4 Å². The van der Waals surface area contributed by atoms with Gasteiger partial charge in [-0.05, 0) is 52.3 Å². The van der Waals surface area contributed by atoms with Crippen LogP contribution < -0.4 is 10.1 Å². The van der Waals surface area contributed by atoms with E-state index < -0.39 is 0 Å². The minimum Gasteiger partial charge on any atom is -0.475 e. The third-order valence-corrected chi connectivity index (χ3v) is 5.26. The molecule has 2 atom stereocenters. The van der Waals surface area contributed by atoms with E-state index in [4.69, 9.17) is 4.74 Å². The van der Waals surface area contributed by atoms with Crippen LogP contribution in [0.4, 0.5) is 0 Å². The Morgan fingerprint density at radius 3 is 2.96 bits per heavy atom. The third-order valence-electron chi connectivity index (χ3n) is 5.26. The lowest BCUT2D eigenvalue weighted by Gasteiger charge is -2.27. The van der Waals surface area contributed by atoms with Crippen molar-refractivity contribution in [2.24, 2.45) is 5.92 Å². The summed E-state index contributed by atoms with van der Waals surface area (Å²) in [5.74, 6) is 0.843. The molecule has 3 rings (SSSR count). The highest BCUT2D eigenvalue weighted by molar-refractivity contribution is 5.80. The Morgan fingerprint density at radius 2 is 2.35 bits per heavy atom. The van der Waals surface area contributed by atoms with Gasteiger partial charge in [-0.25, -0.2) is 4.98 Å². The molecule has 0 aromatic carbocycles. The van der Waals surface area contributed by atoms with E-state index in [0.717, 1.165) is 31.4 Å². The van der Waals surface area contributed by atoms with Crippen LogP contribution in [0.2, 0.25) is 0 Å². The smallest absolute Gasteiger partial charge is 0.224 e. The highest BCUT2D eigenvalue weighted by Crippen LogP contribution is 2.37. The Kier molecular flexibility index (Phi) is 4.57. The summed E-state index contributed by atoms with van der Waals surface area (Å²) in [6.45, 7) is 5.62. The number of ether oxygens (including phenoxy) is 1. The van der Waals surface area contributed by atoms with Crippen molar-refractivity contribution in [1.82, 2.24) is 15.2 Å². The molecule has 5 heteroatoms. The maximum absolute atomic E-state index is 12.6. The van der Waals surface area contributed by atoms with Gasteiger partial charge in [-0.15, -0.1) is 0 Å². The van der Waals surface area contributed by atoms with Gasteiger partial charge in [-0.3, -0.25) is 4.79 Å². The molecule has 1 aliphatic heterocycles. The largest absolute Gasteiger partial charge is 0.475 e. The average Bonchev–Trinajstić information content (AvgIpc) is 3.16. The fraction of sp³-hybridized carbons (Fsp3) is 0.667. The maximum atomic E-state index is 12.6. The predicted octanol–water partition coefficient (Wildman–Crippen LogP) is 2.15. The number of hydrogen-bond acceptors (Lipinski definition) is 4. The molecule has 1 amide bonds. The normalized spacial score (nSPS) is 24.2. The number of carbonyl (C=O) groups is 1. The Bertz CT molecular complexity index is 571. The fourth-order valence-corrected chi connectivity index (χ4v) is 3.40. The van der Waals surface area contributed by atoms with Gasteiger partial charge in [-0.1, -0.05) is 13.0 Å². The molecule has 1 aliphatic carbocycles. The van der Waals surface area contributed by atoms with Crippen molar-refractivity contribution in [3.05, 3.63) is 23.9 Å². The zero-order chi connectivity index (χ0) is 16.4. The summed E-state index contributed by atoms with van der Waals surface area (Å²) in [7, 11) is 2.11. The summed E-state index contributed by atoms with van der Waals surface area (Å²) in [6.07, 6.45) is 6.00. The molecule has 2 unspecified atom stereocenters. The molecular formula is C18H27N3O2. The minimum absolute atomic E-state index is 0.0246. The van der Waals surface area contributed by atoms with Gasteiger partial charge < -0.3 is 15.0 Å². The number of rotatable bonds is 6. The molecule has 2 aliphatic rings. The summed E-state index contributed by atoms with van der Waals surface area (Å²) in [4.78, 5) is 19.2. The van der Waals surface area contributed by atoms with E-state index >= 15 is 0 Å². The van der Waals surface area contributed by atoms with Crippen LogP contribution >= 0.6 is 0 Å². The Hall–Kier alpha value is -1.62. The maximum Gasteiger partial charge on any atom is 0.224 e. The van der Waals surface area contributed by atoms with Gasteiger partial charge in [0, 0.05) is 17.8 Å². The second-order valence-electron chi connectivity index (χ2n) is 7.16. The quantitative estimate of drug-likeness (QED) is 0.873. The first-order chi connectivity index (χ1) is 11.0. The van der Waals surface area contributed by atoms with Crippen molar-refractivity contribution in [3.8, 4) is 5.88 Å². The van der Waals surface area contributed by atoms with Crippen molar-refractivity contribution >= 4 is 5.91 Å². The first kappa shape index (κ1) is 16.2. The Morgan fingerprint density at radius 1 is 1.57 bits per heavy atom. The number of aryl methyl sites for hydroxylation is 1. The van der Waals surface area contributed by atoms with Crippen molar-refractivity contribution in [1.29, 1.82) is 0 Å². The summed E-state index contributed by atoms with van der Waals surface area (Å²) in [5, 5.41) is 3.24. The monoisotopic (exact) mass is 317 g/mol. The van der Waals surface area contributed by atoms with E-state index in [1.165, 1.54) is 6.42 Å². The number of pyridine rings is 1. The van der Waals surface area contributed by atoms with Crippen LogP contribution in [0.1, 0.15) is 38.2 Å². The van der Waals surface area contributed by atoms with Gasteiger partial charge in [0.1, 0.15) is 6.61 Å². The lowest BCUT2D eigenvalue weighted by Crippen LogP contribution is -2.48. The zero-order valence-corrected chi connectivity index (χ0v) is 14.3. The van der Waals surface area contributed by atoms with Gasteiger partial charge in [0.25, 0.3) is 0 Å². The van der Waals surface area contributed by atoms with Crippen LogP contribution in [0.3, 0.4) is 0 Å². The summed E-state index contributed by atoms with van der Waals surface area (Å²) in [5.41, 5.74) is 0.836. The van der Waals surface area contributed by atoms with Gasteiger partial charge in [-0.2, -0.15) is 0 Å². The molecule has 5 nitrogen and oxygen atoms in total. The average molecular weight is 317 g/mol. The second kappa shape index (κ2) is 6.48. The molecular weight excluding hydrogens is 290 g/mol. The lowest BCUT2D eigenvalue weighted by molar-refractivity contribution is -0.127. The molecule has 0 radical (unpaired) electrons. The Labute approximate surface area is 138 Å². The van der Waals surface area contributed by atoms with Gasteiger partial charge in [0.05, 0.1) is 11.5 Å². The van der Waals surface area contributed by atoms with Crippen LogP contribution in [0.5, 0.6) is 5.88 Å². The molecule has 2 fully saturated rings. The predicted molar refractivity (Wildman–Crippen MR) is 89.4 cm³/mol. The number of nitrogens with zero attached hydrogens (tertiary/aromatic N) is 2. The van der Waals surface area contributed by atoms with Crippen molar-refractivity contribution < 1.29 is 9.53 Å². The minimum atomic E-state index is -0.188. The topological polar surface area (TPSA) is 54.5 Å². The Balaban J connectivity index is 1.54. The second-order valence-corrected chi connectivity index (χ2v) is 7.16. The molecule has 1 saturated carbocycles. The summed E-state index contributed by atoms with van der Waals surface area (Å²) < 4.78 is 5.86. The third kappa shape index (κ3) is 3.66. The standard InChI is InChI=1S/C18H27N3O2/c1-13-6-4-10-19-17(13)23-12-18(8-9-18)20-16(22)14(2)15-7-5-11-21(15)3/h4,6,10,14-15H,5,7-9,11-12H2,1-3H3,(H,20,22). The van der Waals surface area contributed by atoms with E-state index in [2.05, 4.69) is 22.2 Å². The number of carbonyl (C=O) groups excluding carboxylic acids is 1. The van der Waals surface area contributed by atoms with Crippen LogP contribution in [0.25, 0.3) is 0 Å². The number of aromatic nitrogens is 1. The van der Waals surface area contributed by atoms with E-state index in [0.29, 0.717) is 18.5 Å². The molecule has 23 heavy (non-hydrogen) atoms.